The van der Waals surface area contributed by atoms with Crippen LogP contribution in [0.2, 0.25) is 0 Å². The van der Waals surface area contributed by atoms with Gasteiger partial charge in [-0.1, -0.05) is 13.3 Å². The first-order valence-corrected chi connectivity index (χ1v) is 2.49. The van der Waals surface area contributed by atoms with E-state index in [1.807, 2.05) is 6.92 Å². The van der Waals surface area contributed by atoms with Gasteiger partial charge in [-0.05, 0) is 6.42 Å². The van der Waals surface area contributed by atoms with Crippen LogP contribution in [0, 0.1) is 0 Å². The average molecular weight is 211 g/mol. The first-order valence-electron chi connectivity index (χ1n) is 2.49. The Morgan fingerprint density at radius 3 is 2.11 bits per heavy atom. The fourth-order valence-corrected chi connectivity index (χ4v) is 0.328. The molecule has 0 unspecified atom stereocenters. The number of aliphatic carboxylic acids is 1. The Morgan fingerprint density at radius 1 is 1.56 bits per heavy atom. The summed E-state index contributed by atoms with van der Waals surface area (Å²) in [4.78, 5) is 9.76. The molecule has 54 valence electrons. The molecule has 0 aliphatic carbocycles. The van der Waals surface area contributed by atoms with E-state index in [-0.39, 0.29) is 31.7 Å². The van der Waals surface area contributed by atoms with E-state index in [1.54, 1.807) is 0 Å². The van der Waals surface area contributed by atoms with Gasteiger partial charge in [-0.3, -0.25) is 4.79 Å². The Kier molecular flexibility index (Phi) is 20.0. The Balaban J connectivity index is -0.000000180. The molecule has 0 radical (unpaired) electrons. The van der Waals surface area contributed by atoms with Crippen LogP contribution >= 0.6 is 0 Å². The molecule has 3 N–H and O–H groups in total. The van der Waals surface area contributed by atoms with Gasteiger partial charge >= 0.3 is 5.97 Å². The molecule has 0 spiro atoms. The van der Waals surface area contributed by atoms with Crippen LogP contribution in [0.1, 0.15) is 26.2 Å². The number of rotatable bonds is 3. The largest absolute Gasteiger partial charge is 0.481 e. The van der Waals surface area contributed by atoms with E-state index in [1.165, 1.54) is 0 Å². The summed E-state index contributed by atoms with van der Waals surface area (Å²) in [6.45, 7) is 1.98. The Morgan fingerprint density at radius 2 is 2.00 bits per heavy atom. The maximum Gasteiger partial charge on any atom is 0.303 e. The summed E-state index contributed by atoms with van der Waals surface area (Å²) in [6, 6.07) is 0. The molecule has 0 aromatic heterocycles. The minimum Gasteiger partial charge on any atom is -0.481 e. The molecule has 0 aromatic rings. The van der Waals surface area contributed by atoms with E-state index in [4.69, 9.17) is 5.11 Å². The van der Waals surface area contributed by atoms with Gasteiger partial charge in [0, 0.05) is 32.6 Å². The van der Waals surface area contributed by atoms with Gasteiger partial charge in [0.1, 0.15) is 0 Å². The van der Waals surface area contributed by atoms with E-state index in [2.05, 4.69) is 0 Å². The number of unbranched alkanes of at least 4 members (excludes halogenated alkanes) is 1. The molecule has 0 aliphatic heterocycles. The van der Waals surface area contributed by atoms with Crippen molar-refractivity contribution in [3.8, 4) is 0 Å². The van der Waals surface area contributed by atoms with Crippen LogP contribution in [-0.2, 0) is 31.0 Å². The van der Waals surface area contributed by atoms with Gasteiger partial charge in [0.15, 0.2) is 0 Å². The van der Waals surface area contributed by atoms with Crippen LogP contribution in [0.25, 0.3) is 0 Å². The summed E-state index contributed by atoms with van der Waals surface area (Å²) in [5.74, 6) is -0.693. The van der Waals surface area contributed by atoms with Crippen molar-refractivity contribution < 1.29 is 41.6 Å². The van der Waals surface area contributed by atoms with Crippen LogP contribution in [0.3, 0.4) is 0 Å². The van der Waals surface area contributed by atoms with Crippen molar-refractivity contribution in [2.75, 3.05) is 0 Å². The number of carboxylic acid groups (broad SMARTS) is 1. The van der Waals surface area contributed by atoms with Crippen molar-refractivity contribution in [2.24, 2.45) is 0 Å². The van der Waals surface area contributed by atoms with Crippen LogP contribution in [-0.4, -0.2) is 16.6 Å². The topological polar surface area (TPSA) is 68.8 Å². The summed E-state index contributed by atoms with van der Waals surface area (Å²) in [6.07, 6.45) is 2.08. The minimum atomic E-state index is -0.693. The average Bonchev–Trinajstić information content (AvgIpc) is 1.61. The van der Waals surface area contributed by atoms with Gasteiger partial charge < -0.3 is 10.6 Å². The summed E-state index contributed by atoms with van der Waals surface area (Å²) in [5.41, 5.74) is 0. The van der Waals surface area contributed by atoms with Gasteiger partial charge in [0.25, 0.3) is 0 Å². The fraction of sp³-hybridized carbons (Fsp3) is 0.800. The third-order valence-electron chi connectivity index (χ3n) is 0.744. The molecule has 0 aromatic carbocycles. The predicted molar refractivity (Wildman–Crippen MR) is 30.8 cm³/mol. The van der Waals surface area contributed by atoms with E-state index in [0.29, 0.717) is 6.42 Å². The Hall–Kier alpha value is 0.313. The van der Waals surface area contributed by atoms with Gasteiger partial charge in [-0.2, -0.15) is 0 Å². The van der Waals surface area contributed by atoms with Crippen molar-refractivity contribution in [3.05, 3.63) is 0 Å². The molecule has 0 rings (SSSR count). The summed E-state index contributed by atoms with van der Waals surface area (Å²) >= 11 is 0. The van der Waals surface area contributed by atoms with Crippen molar-refractivity contribution in [2.45, 2.75) is 26.2 Å². The molecule has 3 nitrogen and oxygen atoms in total. The molecule has 0 fully saturated rings. The van der Waals surface area contributed by atoms with Crippen molar-refractivity contribution in [3.63, 3.8) is 0 Å². The molecule has 0 saturated carbocycles. The number of hydrogen-bond acceptors (Lipinski definition) is 1. The van der Waals surface area contributed by atoms with Gasteiger partial charge in [0.2, 0.25) is 0 Å². The van der Waals surface area contributed by atoms with Crippen molar-refractivity contribution in [1.82, 2.24) is 0 Å². The second-order valence-electron chi connectivity index (χ2n) is 1.50. The molecule has 0 aliphatic rings. The Bertz CT molecular complexity index is 65.2. The number of carboxylic acids is 1. The van der Waals surface area contributed by atoms with Crippen LogP contribution in [0.4, 0.5) is 0 Å². The zero-order valence-electron chi connectivity index (χ0n) is 5.48. The Labute approximate surface area is 73.9 Å². The van der Waals surface area contributed by atoms with Crippen LogP contribution in [0.5, 0.6) is 0 Å². The van der Waals surface area contributed by atoms with Crippen LogP contribution < -0.4 is 0 Å². The summed E-state index contributed by atoms with van der Waals surface area (Å²) in [7, 11) is 0. The summed E-state index contributed by atoms with van der Waals surface area (Å²) in [5, 5.41) is 8.04. The molecule has 0 heterocycles. The van der Waals surface area contributed by atoms with Crippen molar-refractivity contribution >= 4 is 5.97 Å². The van der Waals surface area contributed by atoms with Crippen molar-refractivity contribution in [1.29, 1.82) is 0 Å². The number of hydrogen-bond donors (Lipinski definition) is 1. The van der Waals surface area contributed by atoms with E-state index in [9.17, 15) is 4.79 Å². The molecule has 0 atom stereocenters. The van der Waals surface area contributed by atoms with E-state index < -0.39 is 5.97 Å². The number of carbonyl (C=O) groups is 1. The maximum absolute atomic E-state index is 9.76. The normalized spacial score (nSPS) is 6.78. The standard InChI is InChI=1S/C5H10O2.H2O.Zr/c1-2-3-4-5(6)7;;/h2-4H2,1H3,(H,6,7);1H2;. The third-order valence-corrected chi connectivity index (χ3v) is 0.744. The molecule has 0 amide bonds. The zero-order chi connectivity index (χ0) is 5.70. The molecule has 4 heteroatoms. The van der Waals surface area contributed by atoms with Crippen LogP contribution in [0.15, 0.2) is 0 Å². The smallest absolute Gasteiger partial charge is 0.303 e. The second kappa shape index (κ2) is 11.2. The molecule has 0 bridgehead atoms. The molecule has 0 saturated heterocycles. The first kappa shape index (κ1) is 16.1. The van der Waals surface area contributed by atoms with E-state index >= 15 is 0 Å². The van der Waals surface area contributed by atoms with Gasteiger partial charge in [-0.15, -0.1) is 0 Å². The van der Waals surface area contributed by atoms with Gasteiger partial charge in [0.05, 0.1) is 0 Å². The first-order chi connectivity index (χ1) is 3.27. The fourth-order valence-electron chi connectivity index (χ4n) is 0.328. The molecule has 9 heavy (non-hydrogen) atoms. The quantitative estimate of drug-likeness (QED) is 0.735. The zero-order valence-corrected chi connectivity index (χ0v) is 7.93. The molecular weight excluding hydrogens is 199 g/mol. The SMILES string of the molecule is CCCCC(=O)O.O.[Zr]. The minimum absolute atomic E-state index is 0. The van der Waals surface area contributed by atoms with Gasteiger partial charge in [-0.25, -0.2) is 0 Å². The molecular formula is C5H12O3Zr. The monoisotopic (exact) mass is 210 g/mol. The third kappa shape index (κ3) is 17.8. The second-order valence-corrected chi connectivity index (χ2v) is 1.50. The summed E-state index contributed by atoms with van der Waals surface area (Å²) < 4.78 is 0. The maximum atomic E-state index is 9.76. The predicted octanol–water partition coefficient (Wildman–Crippen LogP) is 0.434. The van der Waals surface area contributed by atoms with E-state index in [0.717, 1.165) is 12.8 Å².